The summed E-state index contributed by atoms with van der Waals surface area (Å²) in [6.07, 6.45) is 6.44. The van der Waals surface area contributed by atoms with Gasteiger partial charge in [-0.2, -0.15) is 9.41 Å². The van der Waals surface area contributed by atoms with E-state index in [0.29, 0.717) is 54.9 Å². The summed E-state index contributed by atoms with van der Waals surface area (Å²) in [4.78, 5) is 14.7. The van der Waals surface area contributed by atoms with Crippen LogP contribution in [0.2, 0.25) is 5.02 Å². The molecule has 2 aliphatic heterocycles. The summed E-state index contributed by atoms with van der Waals surface area (Å²) in [6.45, 7) is 2.71. The van der Waals surface area contributed by atoms with Crippen LogP contribution in [-0.2, 0) is 11.2 Å². The number of nitrogens with one attached hydrogen (secondary N) is 1. The maximum atomic E-state index is 13.9. The average Bonchev–Trinajstić information content (AvgIpc) is 3.83. The minimum atomic E-state index is -0.179. The highest BCUT2D eigenvalue weighted by Gasteiger charge is 2.28. The molecule has 3 aromatic carbocycles. The van der Waals surface area contributed by atoms with E-state index in [4.69, 9.17) is 16.3 Å². The molecule has 10 nitrogen and oxygen atoms in total. The molecule has 2 fully saturated rings. The number of urea groups is 1. The Bertz CT molecular complexity index is 1820. The van der Waals surface area contributed by atoms with E-state index < -0.39 is 0 Å². The zero-order valence-electron chi connectivity index (χ0n) is 25.9. The summed E-state index contributed by atoms with van der Waals surface area (Å²) < 4.78 is 7.94. The number of carbonyl (C=O) groups is 1. The van der Waals surface area contributed by atoms with Crippen LogP contribution in [0.4, 0.5) is 4.79 Å². The lowest BCUT2D eigenvalue weighted by molar-refractivity contribution is -0.614. The molecule has 2 unspecified atom stereocenters. The van der Waals surface area contributed by atoms with Gasteiger partial charge in [0.1, 0.15) is 6.33 Å². The molecular weight excluding hydrogens is 614 g/mol. The van der Waals surface area contributed by atoms with Crippen LogP contribution in [0.15, 0.2) is 97.5 Å². The van der Waals surface area contributed by atoms with Crippen LogP contribution in [-0.4, -0.2) is 63.5 Å². The molecule has 5 aromatic rings. The number of rotatable bonds is 8. The van der Waals surface area contributed by atoms with Gasteiger partial charge in [-0.3, -0.25) is 0 Å². The molecule has 0 bridgehead atoms. The van der Waals surface area contributed by atoms with Crippen LogP contribution in [0.3, 0.4) is 0 Å². The second-order valence-corrected chi connectivity index (χ2v) is 12.7. The van der Waals surface area contributed by atoms with Gasteiger partial charge in [0.2, 0.25) is 5.69 Å². The van der Waals surface area contributed by atoms with Gasteiger partial charge in [-0.1, -0.05) is 66.2 Å². The van der Waals surface area contributed by atoms with Crippen molar-refractivity contribution in [3.63, 3.8) is 0 Å². The highest BCUT2D eigenvalue weighted by molar-refractivity contribution is 6.31. The van der Waals surface area contributed by atoms with E-state index in [1.165, 1.54) is 11.9 Å². The standard InChI is InChI=1S/C36H36ClN7O3/c37-30-10-12-34(43-24-38-40-41-43)33(21-30)29-9-11-35(44(46)22-29)32(19-25-5-2-1-3-6-25)28-8-4-7-27(20-28)26-13-16-42(17-14-26)36(45)39-31-15-18-47-23-31/h1-12,20-22,24,26,31-32H,13-19,23H2,(H,39,45). The normalized spacial score (nSPS) is 17.5. The second kappa shape index (κ2) is 13.9. The lowest BCUT2D eigenvalue weighted by atomic mass is 9.84. The number of nitrogens with zero attached hydrogens (tertiary/aromatic N) is 6. The number of pyridine rings is 1. The number of carbonyl (C=O) groups excluding carboxylic acids is 1. The number of hydrogen-bond acceptors (Lipinski definition) is 6. The first-order chi connectivity index (χ1) is 23.0. The van der Waals surface area contributed by atoms with Crippen LogP contribution in [0, 0.1) is 5.21 Å². The molecule has 240 valence electrons. The number of likely N-dealkylation sites (tertiary alicyclic amines) is 1. The largest absolute Gasteiger partial charge is 0.618 e. The lowest BCUT2D eigenvalue weighted by Crippen LogP contribution is -2.47. The summed E-state index contributed by atoms with van der Waals surface area (Å²) in [6, 6.07) is 28.3. The maximum Gasteiger partial charge on any atom is 0.317 e. The van der Waals surface area contributed by atoms with Gasteiger partial charge in [-0.15, -0.1) is 5.10 Å². The fourth-order valence-corrected chi connectivity index (χ4v) is 6.91. The maximum absolute atomic E-state index is 13.9. The minimum Gasteiger partial charge on any atom is -0.618 e. The van der Waals surface area contributed by atoms with E-state index in [2.05, 4.69) is 57.2 Å². The third-order valence-electron chi connectivity index (χ3n) is 9.27. The molecule has 2 atom stereocenters. The van der Waals surface area contributed by atoms with Gasteiger partial charge in [0, 0.05) is 41.9 Å². The van der Waals surface area contributed by atoms with Gasteiger partial charge in [0.25, 0.3) is 0 Å². The minimum absolute atomic E-state index is 0.00178. The molecule has 2 amide bonds. The first-order valence-electron chi connectivity index (χ1n) is 16.0. The average molecular weight is 650 g/mol. The molecule has 11 heteroatoms. The molecule has 0 spiro atoms. The number of hydrogen-bond donors (Lipinski definition) is 1. The Morgan fingerprint density at radius 1 is 1.02 bits per heavy atom. The summed E-state index contributed by atoms with van der Waals surface area (Å²) in [5.74, 6) is 0.155. The Labute approximate surface area is 278 Å². The van der Waals surface area contributed by atoms with Gasteiger partial charge < -0.3 is 20.2 Å². The van der Waals surface area contributed by atoms with E-state index in [9.17, 15) is 10.0 Å². The molecular formula is C36H36ClN7O3. The number of tetrazole rings is 1. The van der Waals surface area contributed by atoms with Crippen molar-refractivity contribution in [2.45, 2.75) is 43.6 Å². The number of aromatic nitrogens is 5. The Hall–Kier alpha value is -4.80. The summed E-state index contributed by atoms with van der Waals surface area (Å²) >= 11 is 6.38. The van der Waals surface area contributed by atoms with Crippen molar-refractivity contribution in [1.29, 1.82) is 0 Å². The van der Waals surface area contributed by atoms with E-state index in [1.807, 2.05) is 47.4 Å². The predicted octanol–water partition coefficient (Wildman–Crippen LogP) is 5.67. The van der Waals surface area contributed by atoms with E-state index >= 15 is 0 Å². The Morgan fingerprint density at radius 2 is 1.87 bits per heavy atom. The lowest BCUT2D eigenvalue weighted by Gasteiger charge is -2.33. The third-order valence-corrected chi connectivity index (χ3v) is 9.51. The Balaban J connectivity index is 1.15. The highest BCUT2D eigenvalue weighted by Crippen LogP contribution is 2.34. The van der Waals surface area contributed by atoms with Gasteiger partial charge in [-0.05, 0) is 83.0 Å². The van der Waals surface area contributed by atoms with Gasteiger partial charge in [0.15, 0.2) is 6.20 Å². The number of benzene rings is 3. The SMILES string of the molecule is O=C(NC1CCOC1)N1CCC(c2cccc(C(Cc3ccccc3)c3ccc(-c4cc(Cl)ccc4-n4cnnn4)c[n+]3[O-])c2)CC1. The zero-order chi connectivity index (χ0) is 32.2. The molecule has 0 radical (unpaired) electrons. The molecule has 47 heavy (non-hydrogen) atoms. The third kappa shape index (κ3) is 6.99. The van der Waals surface area contributed by atoms with Crippen LogP contribution in [0.5, 0.6) is 0 Å². The molecule has 7 rings (SSSR count). The quantitative estimate of drug-likeness (QED) is 0.171. The smallest absolute Gasteiger partial charge is 0.317 e. The predicted molar refractivity (Wildman–Crippen MR) is 178 cm³/mol. The Kier molecular flexibility index (Phi) is 9.12. The number of halogens is 1. The molecule has 1 N–H and O–H groups in total. The fraction of sp³-hybridized carbons (Fsp3) is 0.306. The van der Waals surface area contributed by atoms with E-state index in [1.54, 1.807) is 16.9 Å². The topological polar surface area (TPSA) is 112 Å². The van der Waals surface area contributed by atoms with Crippen molar-refractivity contribution in [3.8, 4) is 16.8 Å². The van der Waals surface area contributed by atoms with Crippen LogP contribution in [0.1, 0.15) is 53.5 Å². The summed E-state index contributed by atoms with van der Waals surface area (Å²) in [7, 11) is 0. The molecule has 0 saturated carbocycles. The van der Waals surface area contributed by atoms with Crippen molar-refractivity contribution in [3.05, 3.63) is 130 Å². The zero-order valence-corrected chi connectivity index (χ0v) is 26.7. The molecule has 2 aliphatic rings. The number of amides is 2. The van der Waals surface area contributed by atoms with Crippen molar-refractivity contribution in [2.24, 2.45) is 0 Å². The number of ether oxygens (including phenoxy) is 1. The van der Waals surface area contributed by atoms with Crippen LogP contribution < -0.4 is 10.0 Å². The van der Waals surface area contributed by atoms with Crippen molar-refractivity contribution in [2.75, 3.05) is 26.3 Å². The van der Waals surface area contributed by atoms with Gasteiger partial charge in [-0.25, -0.2) is 4.79 Å². The van der Waals surface area contributed by atoms with Crippen molar-refractivity contribution in [1.82, 2.24) is 30.4 Å². The van der Waals surface area contributed by atoms with E-state index in [-0.39, 0.29) is 18.0 Å². The monoisotopic (exact) mass is 649 g/mol. The highest BCUT2D eigenvalue weighted by atomic mass is 35.5. The molecule has 2 saturated heterocycles. The van der Waals surface area contributed by atoms with Gasteiger partial charge in [0.05, 0.1) is 24.3 Å². The van der Waals surface area contributed by atoms with Gasteiger partial charge >= 0.3 is 6.03 Å². The Morgan fingerprint density at radius 3 is 2.62 bits per heavy atom. The van der Waals surface area contributed by atoms with E-state index in [0.717, 1.165) is 46.4 Å². The molecule has 2 aromatic heterocycles. The van der Waals surface area contributed by atoms with Crippen molar-refractivity contribution >= 4 is 17.6 Å². The number of piperidine rings is 1. The summed E-state index contributed by atoms with van der Waals surface area (Å²) in [5.41, 5.74) is 6.31. The van der Waals surface area contributed by atoms with Crippen molar-refractivity contribution < 1.29 is 14.3 Å². The fourth-order valence-electron chi connectivity index (χ4n) is 6.74. The second-order valence-electron chi connectivity index (χ2n) is 12.3. The first-order valence-corrected chi connectivity index (χ1v) is 16.4. The first kappa shape index (κ1) is 30.8. The van der Waals surface area contributed by atoms with Crippen LogP contribution in [0.25, 0.3) is 16.8 Å². The van der Waals surface area contributed by atoms with Crippen LogP contribution >= 0.6 is 11.6 Å². The molecule has 0 aliphatic carbocycles. The summed E-state index contributed by atoms with van der Waals surface area (Å²) in [5, 5.41) is 29.1. The molecule has 4 heterocycles.